The third-order valence-electron chi connectivity index (χ3n) is 9.49. The van der Waals surface area contributed by atoms with Crippen molar-refractivity contribution in [3.63, 3.8) is 0 Å². The first-order valence-corrected chi connectivity index (χ1v) is 19.4. The van der Waals surface area contributed by atoms with Crippen LogP contribution in [-0.2, 0) is 16.3 Å². The molecule has 0 bridgehead atoms. The Kier molecular flexibility index (Phi) is 7.29. The second kappa shape index (κ2) is 11.4. The van der Waals surface area contributed by atoms with Crippen molar-refractivity contribution < 1.29 is 10.9 Å². The molecule has 6 aromatic rings. The summed E-state index contributed by atoms with van der Waals surface area (Å²) in [5.41, 5.74) is 9.38. The fraction of sp³-hybridized carbons (Fsp3) is 0.135. The second-order valence-corrected chi connectivity index (χ2v) is 16.4. The normalized spacial score (nSPS) is 24.2. The summed E-state index contributed by atoms with van der Waals surface area (Å²) >= 11 is 6.00. The van der Waals surface area contributed by atoms with Gasteiger partial charge in [0.05, 0.1) is 34.5 Å². The van der Waals surface area contributed by atoms with E-state index in [4.69, 9.17) is 20.0 Å². The molecule has 0 aliphatic heterocycles. The zero-order chi connectivity index (χ0) is 29.7. The van der Waals surface area contributed by atoms with E-state index in [1.807, 2.05) is 36.7 Å². The molecule has 2 heterocycles. The van der Waals surface area contributed by atoms with Crippen LogP contribution in [0.25, 0.3) is 21.8 Å². The number of fused-ring (bicyclic) bond motifs is 6. The van der Waals surface area contributed by atoms with Gasteiger partial charge in [-0.2, -0.15) is 0 Å². The fourth-order valence-electron chi connectivity index (χ4n) is 7.92. The number of para-hydroxylation sites is 2. The first-order chi connectivity index (χ1) is 21.7. The summed E-state index contributed by atoms with van der Waals surface area (Å²) in [6.07, 6.45) is 3.94. The number of hydrogen-bond donors (Lipinski definition) is 0. The van der Waals surface area contributed by atoms with Crippen LogP contribution < -0.4 is 0 Å². The molecular weight excluding hydrogens is 719 g/mol. The van der Waals surface area contributed by atoms with Crippen molar-refractivity contribution in [3.8, 4) is 0 Å². The van der Waals surface area contributed by atoms with Crippen molar-refractivity contribution in [3.05, 3.63) is 155 Å². The zero-order valence-electron chi connectivity index (χ0n) is 23.4. The number of hydrogen-bond acceptors (Lipinski definition) is 4. The standard InChI is InChI=1S/C37H26N4.2BrH.Ni/c1-7-15-31-23(9-1)17-19-25(40-31)21-38-35-33-27-11-3-5-13-29(27)37(33)30-14-6-4-12-28(30)34(37)36(35)39-22-26-20-18-24-10-2-8-16-32(24)41-26;;;/h1-22,33-36H;2*1H;/q;;;+2/p-2/t33?,34?,35-,36-,37?;;;/m1.../s1. The molecule has 4 atom stereocenters. The van der Waals surface area contributed by atoms with Crippen LogP contribution >= 0.6 is 28.5 Å². The Labute approximate surface area is 276 Å². The van der Waals surface area contributed by atoms with E-state index in [1.165, 1.54) is 33.2 Å². The van der Waals surface area contributed by atoms with Crippen LogP contribution in [0.3, 0.4) is 0 Å². The van der Waals surface area contributed by atoms with E-state index in [-0.39, 0.29) is 29.3 Å². The molecule has 2 aromatic heterocycles. The molecule has 4 nitrogen and oxygen atoms in total. The van der Waals surface area contributed by atoms with Gasteiger partial charge in [0.15, 0.2) is 0 Å². The molecule has 1 fully saturated rings. The van der Waals surface area contributed by atoms with Gasteiger partial charge < -0.3 is 0 Å². The topological polar surface area (TPSA) is 50.5 Å². The van der Waals surface area contributed by atoms with Gasteiger partial charge in [-0.3, -0.25) is 9.98 Å². The number of rotatable bonds is 4. The van der Waals surface area contributed by atoms with Gasteiger partial charge in [-0.25, -0.2) is 9.97 Å². The monoisotopic (exact) mass is 742 g/mol. The molecule has 218 valence electrons. The average molecular weight is 745 g/mol. The molecule has 1 spiro atoms. The summed E-state index contributed by atoms with van der Waals surface area (Å²) < 4.78 is 0. The maximum atomic E-state index is 5.32. The van der Waals surface area contributed by atoms with Gasteiger partial charge in [0, 0.05) is 40.5 Å². The minimum atomic E-state index is -0.0369. The van der Waals surface area contributed by atoms with Gasteiger partial charge in [-0.15, -0.1) is 0 Å². The van der Waals surface area contributed by atoms with Gasteiger partial charge in [-0.05, 0) is 46.5 Å². The molecule has 0 amide bonds. The predicted molar refractivity (Wildman–Crippen MR) is 183 cm³/mol. The summed E-state index contributed by atoms with van der Waals surface area (Å²) in [6, 6.07) is 42.7. The van der Waals surface area contributed by atoms with Gasteiger partial charge in [0.1, 0.15) is 0 Å². The van der Waals surface area contributed by atoms with Crippen molar-refractivity contribution in [1.82, 2.24) is 9.97 Å². The molecule has 44 heavy (non-hydrogen) atoms. The van der Waals surface area contributed by atoms with Gasteiger partial charge in [-0.1, -0.05) is 97.1 Å². The van der Waals surface area contributed by atoms with Crippen LogP contribution in [0.2, 0.25) is 0 Å². The summed E-state index contributed by atoms with van der Waals surface area (Å²) in [5.74, 6) is 0.559. The zero-order valence-corrected chi connectivity index (χ0v) is 27.5. The number of benzene rings is 4. The van der Waals surface area contributed by atoms with Crippen molar-refractivity contribution in [1.29, 1.82) is 0 Å². The molecule has 2 unspecified atom stereocenters. The van der Waals surface area contributed by atoms with Crippen LogP contribution in [0.15, 0.2) is 131 Å². The van der Waals surface area contributed by atoms with Crippen LogP contribution in [0.1, 0.15) is 45.5 Å². The van der Waals surface area contributed by atoms with Crippen LogP contribution in [0, 0.1) is 0 Å². The molecule has 4 aromatic carbocycles. The first kappa shape index (κ1) is 28.0. The molecule has 1 saturated carbocycles. The molecular formula is C37H26Br2N4Ni. The number of nitrogens with zero attached hydrogens (tertiary/aromatic N) is 4. The summed E-state index contributed by atoms with van der Waals surface area (Å²) in [6.45, 7) is 0. The van der Waals surface area contributed by atoms with Gasteiger partial charge in [0.25, 0.3) is 0 Å². The number of halogens is 2. The van der Waals surface area contributed by atoms with Crippen LogP contribution in [0.5, 0.6) is 0 Å². The molecule has 9 rings (SSSR count). The summed E-state index contributed by atoms with van der Waals surface area (Å²) in [4.78, 5) is 20.4. The Hall–Kier alpha value is -3.51. The Bertz CT molecular complexity index is 1950. The third-order valence-corrected chi connectivity index (χ3v) is 9.49. The van der Waals surface area contributed by atoms with Crippen LogP contribution in [0.4, 0.5) is 0 Å². The summed E-state index contributed by atoms with van der Waals surface area (Å²) in [7, 11) is 1.25. The Morgan fingerprint density at radius 2 is 0.955 bits per heavy atom. The van der Waals surface area contributed by atoms with Crippen LogP contribution in [-0.4, -0.2) is 34.5 Å². The van der Waals surface area contributed by atoms with E-state index in [0.29, 0.717) is 0 Å². The molecule has 0 radical (unpaired) electrons. The first-order valence-electron chi connectivity index (χ1n) is 14.5. The van der Waals surface area contributed by atoms with Crippen molar-refractivity contribution >= 4 is 62.7 Å². The Morgan fingerprint density at radius 3 is 1.43 bits per heavy atom. The second-order valence-electron chi connectivity index (χ2n) is 11.4. The molecule has 3 aliphatic rings. The quantitative estimate of drug-likeness (QED) is 0.134. The van der Waals surface area contributed by atoms with Crippen molar-refractivity contribution in [2.24, 2.45) is 9.98 Å². The Balaban J connectivity index is 0.000000928. The summed E-state index contributed by atoms with van der Waals surface area (Å²) in [5, 5.41) is 2.27. The molecule has 3 aliphatic carbocycles. The van der Waals surface area contributed by atoms with Crippen molar-refractivity contribution in [2.45, 2.75) is 29.3 Å². The van der Waals surface area contributed by atoms with E-state index in [2.05, 4.69) is 126 Å². The maximum absolute atomic E-state index is 5.32. The number of aliphatic imine (C=N–C) groups is 2. The predicted octanol–water partition coefficient (Wildman–Crippen LogP) is 8.94. The Morgan fingerprint density at radius 1 is 0.545 bits per heavy atom. The third kappa shape index (κ3) is 4.28. The van der Waals surface area contributed by atoms with E-state index in [1.54, 1.807) is 0 Å². The number of pyridine rings is 2. The van der Waals surface area contributed by atoms with Gasteiger partial charge >= 0.3 is 39.3 Å². The average Bonchev–Trinajstić information content (AvgIpc) is 3.26. The van der Waals surface area contributed by atoms with E-state index in [0.717, 1.165) is 33.2 Å². The van der Waals surface area contributed by atoms with E-state index < -0.39 is 0 Å². The minimum absolute atomic E-state index is 0.00715. The molecule has 0 N–H and O–H groups in total. The fourth-order valence-corrected chi connectivity index (χ4v) is 7.92. The SMILES string of the molecule is C(=N[C@@H]1C2c3ccccc3C23c2ccccc2C3[C@H]1N=Cc1ccc2ccccc2n1)c1ccc2ccccc2n1.[Br][Ni][Br]. The van der Waals surface area contributed by atoms with Gasteiger partial charge in [0.2, 0.25) is 0 Å². The number of aromatic nitrogens is 2. The van der Waals surface area contributed by atoms with E-state index in [9.17, 15) is 0 Å². The molecule has 0 saturated heterocycles. The molecule has 7 heteroatoms. The van der Waals surface area contributed by atoms with Crippen molar-refractivity contribution in [2.75, 3.05) is 0 Å². The van der Waals surface area contributed by atoms with E-state index >= 15 is 0 Å².